The van der Waals surface area contributed by atoms with Crippen molar-refractivity contribution in [1.29, 1.82) is 0 Å². The fourth-order valence-corrected chi connectivity index (χ4v) is 4.13. The third-order valence-corrected chi connectivity index (χ3v) is 6.16. The zero-order valence-corrected chi connectivity index (χ0v) is 16.3. The quantitative estimate of drug-likeness (QED) is 0.533. The average Bonchev–Trinajstić information content (AvgIpc) is 2.43. The number of rotatable bonds is 4. The second kappa shape index (κ2) is 5.97. The Balaban J connectivity index is 2.66. The van der Waals surface area contributed by atoms with E-state index in [1.54, 1.807) is 0 Å². The Kier molecular flexibility index (Phi) is 4.80. The zero-order chi connectivity index (χ0) is 20.9. The smallest absolute Gasteiger partial charge is 0.310 e. The van der Waals surface area contributed by atoms with E-state index in [1.807, 2.05) is 5.32 Å². The van der Waals surface area contributed by atoms with Gasteiger partial charge in [0.1, 0.15) is 4.90 Å². The molecule has 4 nitrogen and oxygen atoms in total. The molecule has 13 heteroatoms. The lowest BCUT2D eigenvalue weighted by atomic mass is 10.2. The summed E-state index contributed by atoms with van der Waals surface area (Å²) in [6.07, 6.45) is 0.639. The molecule has 0 heterocycles. The van der Waals surface area contributed by atoms with Gasteiger partial charge in [-0.1, -0.05) is 48.7 Å². The molecule has 0 aliphatic heterocycles. The first-order valence-corrected chi connectivity index (χ1v) is 11.3. The molecule has 0 saturated heterocycles. The standard InChI is InChI=1S/C14H10Cl2F5NO3S2/c1-26(24,25)12-6-5-8(27(17,18,19,20)21)7-11(12)22-14(23)13-9(15)3-2-4-10(13)16/h2-7H,1H3,(H,22,23). The molecule has 0 bridgehead atoms. The SMILES string of the molecule is CS(=O)(=O)c1ccc(S(F)(F)(F)(F)F)cc1NC(=O)c1c(Cl)cccc1Cl. The van der Waals surface area contributed by atoms with Gasteiger partial charge in [0.15, 0.2) is 9.84 Å². The van der Waals surface area contributed by atoms with Crippen LogP contribution in [0.15, 0.2) is 46.2 Å². The predicted molar refractivity (Wildman–Crippen MR) is 95.4 cm³/mol. The van der Waals surface area contributed by atoms with Gasteiger partial charge in [0.05, 0.1) is 26.2 Å². The van der Waals surface area contributed by atoms with Crippen LogP contribution in [0.1, 0.15) is 10.4 Å². The molecule has 0 aliphatic carbocycles. The first kappa shape index (κ1) is 21.7. The van der Waals surface area contributed by atoms with Crippen LogP contribution in [0, 0.1) is 0 Å². The van der Waals surface area contributed by atoms with E-state index in [1.165, 1.54) is 18.2 Å². The van der Waals surface area contributed by atoms with E-state index in [0.717, 1.165) is 0 Å². The lowest BCUT2D eigenvalue weighted by molar-refractivity contribution is 0.102. The molecule has 0 unspecified atom stereocenters. The summed E-state index contributed by atoms with van der Waals surface area (Å²) in [6, 6.07) is 4.04. The van der Waals surface area contributed by atoms with Gasteiger partial charge in [-0.15, -0.1) is 0 Å². The number of hydrogen-bond donors (Lipinski definition) is 1. The summed E-state index contributed by atoms with van der Waals surface area (Å²) in [5, 5.41) is 1.51. The molecule has 150 valence electrons. The number of anilines is 1. The van der Waals surface area contributed by atoms with E-state index in [4.69, 9.17) is 23.2 Å². The first-order chi connectivity index (χ1) is 11.9. The molecule has 2 aromatic carbocycles. The van der Waals surface area contributed by atoms with Crippen molar-refractivity contribution in [1.82, 2.24) is 0 Å². The average molecular weight is 470 g/mol. The fraction of sp³-hybridized carbons (Fsp3) is 0.0714. The van der Waals surface area contributed by atoms with Crippen molar-refractivity contribution in [3.8, 4) is 0 Å². The molecular weight excluding hydrogens is 460 g/mol. The second-order valence-electron chi connectivity index (χ2n) is 5.45. The molecule has 0 saturated carbocycles. The molecule has 27 heavy (non-hydrogen) atoms. The van der Waals surface area contributed by atoms with Crippen LogP contribution in [0.4, 0.5) is 25.1 Å². The van der Waals surface area contributed by atoms with Crippen LogP contribution in [0.3, 0.4) is 0 Å². The number of carbonyl (C=O) groups excluding carboxylic acids is 1. The van der Waals surface area contributed by atoms with Crippen molar-refractivity contribution >= 4 is 54.9 Å². The minimum atomic E-state index is -10.1. The molecule has 0 aliphatic rings. The number of hydrogen-bond acceptors (Lipinski definition) is 3. The van der Waals surface area contributed by atoms with Gasteiger partial charge in [0, 0.05) is 6.26 Å². The number of halogens is 7. The maximum atomic E-state index is 13.0. The number of carbonyl (C=O) groups is 1. The Morgan fingerprint density at radius 3 is 1.96 bits per heavy atom. The van der Waals surface area contributed by atoms with Gasteiger partial charge in [0.2, 0.25) is 0 Å². The van der Waals surface area contributed by atoms with Crippen molar-refractivity contribution in [2.75, 3.05) is 11.6 Å². The highest BCUT2D eigenvalue weighted by Crippen LogP contribution is 3.02. The van der Waals surface area contributed by atoms with Gasteiger partial charge in [-0.2, -0.15) is 0 Å². The largest absolute Gasteiger partial charge is 0.321 e. The topological polar surface area (TPSA) is 63.2 Å². The Hall–Kier alpha value is -1.56. The van der Waals surface area contributed by atoms with Crippen LogP contribution in [-0.2, 0) is 9.84 Å². The lowest BCUT2D eigenvalue weighted by Crippen LogP contribution is -2.17. The molecule has 0 radical (unpaired) electrons. The van der Waals surface area contributed by atoms with Gasteiger partial charge in [-0.3, -0.25) is 4.79 Å². The van der Waals surface area contributed by atoms with Crippen molar-refractivity contribution in [3.05, 3.63) is 52.0 Å². The van der Waals surface area contributed by atoms with Gasteiger partial charge in [-0.25, -0.2) is 8.42 Å². The molecule has 1 N–H and O–H groups in total. The fourth-order valence-electron chi connectivity index (χ4n) is 2.07. The molecule has 2 aromatic rings. The van der Waals surface area contributed by atoms with Gasteiger partial charge in [-0.05, 0) is 30.3 Å². The minimum absolute atomic E-state index is 0.0595. The van der Waals surface area contributed by atoms with E-state index >= 15 is 0 Å². The molecule has 0 fully saturated rings. The number of benzene rings is 2. The van der Waals surface area contributed by atoms with Crippen LogP contribution < -0.4 is 5.32 Å². The van der Waals surface area contributed by atoms with E-state index < -0.39 is 41.4 Å². The third-order valence-electron chi connectivity index (χ3n) is 3.23. The normalized spacial score (nSPS) is 15.0. The van der Waals surface area contributed by atoms with Crippen LogP contribution >= 0.6 is 33.4 Å². The van der Waals surface area contributed by atoms with Gasteiger partial charge < -0.3 is 5.32 Å². The Bertz CT molecular complexity index is 1040. The Morgan fingerprint density at radius 1 is 1.00 bits per heavy atom. The summed E-state index contributed by atoms with van der Waals surface area (Å²) >= 11 is 11.6. The summed E-state index contributed by atoms with van der Waals surface area (Å²) in [7, 11) is -14.3. The monoisotopic (exact) mass is 469 g/mol. The Morgan fingerprint density at radius 2 is 1.52 bits per heavy atom. The summed E-state index contributed by atoms with van der Waals surface area (Å²) < 4.78 is 88.7. The summed E-state index contributed by atoms with van der Waals surface area (Å²) in [4.78, 5) is 9.18. The van der Waals surface area contributed by atoms with E-state index in [2.05, 4.69) is 0 Å². The molecular formula is C14H10Cl2F5NO3S2. The maximum Gasteiger partial charge on any atom is 0.310 e. The highest BCUT2D eigenvalue weighted by Gasteiger charge is 2.65. The minimum Gasteiger partial charge on any atom is -0.321 e. The molecule has 1 amide bonds. The molecule has 2 rings (SSSR count). The van der Waals surface area contributed by atoms with Crippen LogP contribution in [0.25, 0.3) is 0 Å². The summed E-state index contributed by atoms with van der Waals surface area (Å²) in [5.41, 5.74) is -1.35. The predicted octanol–water partition coefficient (Wildman–Crippen LogP) is 6.31. The molecule has 0 atom stereocenters. The van der Waals surface area contributed by atoms with Crippen molar-refractivity contribution < 1.29 is 32.6 Å². The molecule has 0 aromatic heterocycles. The van der Waals surface area contributed by atoms with Gasteiger partial charge in [0.25, 0.3) is 5.91 Å². The second-order valence-corrected chi connectivity index (χ2v) is 10.7. The van der Waals surface area contributed by atoms with Crippen molar-refractivity contribution in [3.63, 3.8) is 0 Å². The van der Waals surface area contributed by atoms with Crippen LogP contribution in [0.5, 0.6) is 0 Å². The van der Waals surface area contributed by atoms with Crippen LogP contribution in [0.2, 0.25) is 10.0 Å². The number of amides is 1. The first-order valence-electron chi connectivity index (χ1n) is 6.74. The summed E-state index contributed by atoms with van der Waals surface area (Å²) in [6.45, 7) is 0. The number of nitrogens with one attached hydrogen (secondary N) is 1. The summed E-state index contributed by atoms with van der Waals surface area (Å²) in [5.74, 6) is -1.17. The van der Waals surface area contributed by atoms with E-state index in [-0.39, 0.29) is 27.7 Å². The molecule has 0 spiro atoms. The van der Waals surface area contributed by atoms with E-state index in [0.29, 0.717) is 12.3 Å². The highest BCUT2D eigenvalue weighted by atomic mass is 35.5. The van der Waals surface area contributed by atoms with Crippen LogP contribution in [-0.4, -0.2) is 20.6 Å². The third kappa shape index (κ3) is 5.03. The Labute approximate surface area is 160 Å². The maximum absolute atomic E-state index is 13.0. The zero-order valence-electron chi connectivity index (χ0n) is 13.2. The lowest BCUT2D eigenvalue weighted by Gasteiger charge is -2.40. The van der Waals surface area contributed by atoms with E-state index in [9.17, 15) is 32.6 Å². The van der Waals surface area contributed by atoms with Crippen molar-refractivity contribution in [2.45, 2.75) is 9.79 Å². The highest BCUT2D eigenvalue weighted by molar-refractivity contribution is 8.45. The van der Waals surface area contributed by atoms with Crippen molar-refractivity contribution in [2.24, 2.45) is 0 Å². The number of sulfone groups is 1. The van der Waals surface area contributed by atoms with Gasteiger partial charge >= 0.3 is 10.2 Å².